The summed E-state index contributed by atoms with van der Waals surface area (Å²) in [6.07, 6.45) is 5.56. The van der Waals surface area contributed by atoms with Crippen molar-refractivity contribution in [3.05, 3.63) is 5.69 Å². The number of rotatable bonds is 7. The highest BCUT2D eigenvalue weighted by Crippen LogP contribution is 2.30. The van der Waals surface area contributed by atoms with E-state index >= 15 is 0 Å². The van der Waals surface area contributed by atoms with Crippen molar-refractivity contribution >= 4 is 28.7 Å². The first-order valence-corrected chi connectivity index (χ1v) is 9.52. The van der Waals surface area contributed by atoms with E-state index in [2.05, 4.69) is 42.8 Å². The van der Waals surface area contributed by atoms with Crippen molar-refractivity contribution in [2.45, 2.75) is 51.6 Å². The molecule has 0 amide bonds. The molecule has 0 saturated heterocycles. The summed E-state index contributed by atoms with van der Waals surface area (Å²) in [6, 6.07) is 0. The maximum atomic E-state index is 10.4. The molecule has 0 unspecified atom stereocenters. The molecule has 0 radical (unpaired) electrons. The number of nitrogens with zero attached hydrogens (tertiary/aromatic N) is 4. The topological polar surface area (TPSA) is 108 Å². The fraction of sp³-hybridized carbons (Fsp3) is 0.667. The number of aromatic nitrogens is 4. The van der Waals surface area contributed by atoms with Crippen LogP contribution in [0.25, 0.3) is 11.0 Å². The molecule has 1 fully saturated rings. The fourth-order valence-electron chi connectivity index (χ4n) is 3.48. The van der Waals surface area contributed by atoms with Crippen LogP contribution in [0.4, 0.5) is 17.7 Å². The van der Waals surface area contributed by atoms with Crippen molar-refractivity contribution in [1.29, 1.82) is 0 Å². The first-order chi connectivity index (χ1) is 12.7. The maximum absolute atomic E-state index is 10.4. The van der Waals surface area contributed by atoms with E-state index in [4.69, 9.17) is 0 Å². The monoisotopic (exact) mass is 359 g/mol. The van der Waals surface area contributed by atoms with Crippen LogP contribution in [0.15, 0.2) is 0 Å². The standard InChI is InChI=1S/C18H29N7O/c1-4-9-21-16-15-14(23-18(20-3)25-16)12(22-17(19-2)24-15)10-11-7-5-6-8-13(11)26/h11,13,26H,4-10H2,1-3H3,(H,19,22,24)(H2,20,21,23,25)/t11-,13+/m0/s1. The first-order valence-electron chi connectivity index (χ1n) is 9.52. The average Bonchev–Trinajstić information content (AvgIpc) is 2.67. The third kappa shape index (κ3) is 3.95. The lowest BCUT2D eigenvalue weighted by Gasteiger charge is -2.27. The predicted octanol–water partition coefficient (Wildman–Crippen LogP) is 2.42. The van der Waals surface area contributed by atoms with E-state index in [1.807, 2.05) is 7.05 Å². The highest BCUT2D eigenvalue weighted by atomic mass is 16.3. The van der Waals surface area contributed by atoms with Crippen molar-refractivity contribution in [3.8, 4) is 0 Å². The molecule has 0 bridgehead atoms. The molecule has 0 aromatic carbocycles. The second-order valence-electron chi connectivity index (χ2n) is 6.83. The summed E-state index contributed by atoms with van der Waals surface area (Å²) in [5, 5.41) is 19.8. The van der Waals surface area contributed by atoms with Crippen LogP contribution >= 0.6 is 0 Å². The Morgan fingerprint density at radius 2 is 1.65 bits per heavy atom. The van der Waals surface area contributed by atoms with E-state index in [-0.39, 0.29) is 12.0 Å². The Labute approximate surface area is 154 Å². The summed E-state index contributed by atoms with van der Waals surface area (Å²) in [5.41, 5.74) is 2.33. The molecular weight excluding hydrogens is 330 g/mol. The van der Waals surface area contributed by atoms with Gasteiger partial charge >= 0.3 is 0 Å². The number of fused-ring (bicyclic) bond motifs is 1. The van der Waals surface area contributed by atoms with Crippen LogP contribution in [0.2, 0.25) is 0 Å². The second-order valence-corrected chi connectivity index (χ2v) is 6.83. The molecule has 8 heteroatoms. The molecule has 0 spiro atoms. The zero-order valence-corrected chi connectivity index (χ0v) is 15.8. The van der Waals surface area contributed by atoms with Gasteiger partial charge in [0.25, 0.3) is 0 Å². The highest BCUT2D eigenvalue weighted by molar-refractivity contribution is 5.88. The third-order valence-corrected chi connectivity index (χ3v) is 4.93. The van der Waals surface area contributed by atoms with E-state index in [0.29, 0.717) is 24.1 Å². The Morgan fingerprint density at radius 1 is 0.962 bits per heavy atom. The minimum atomic E-state index is -0.268. The molecule has 1 aliphatic rings. The summed E-state index contributed by atoms with van der Waals surface area (Å²) in [5.74, 6) is 2.03. The first kappa shape index (κ1) is 18.6. The Kier molecular flexibility index (Phi) is 6.03. The van der Waals surface area contributed by atoms with Gasteiger partial charge in [-0.15, -0.1) is 0 Å². The Bertz CT molecular complexity index is 752. The zero-order chi connectivity index (χ0) is 18.5. The van der Waals surface area contributed by atoms with Crippen LogP contribution in [-0.4, -0.2) is 51.8 Å². The van der Waals surface area contributed by atoms with Gasteiger partial charge in [0.1, 0.15) is 11.0 Å². The molecule has 8 nitrogen and oxygen atoms in total. The lowest BCUT2D eigenvalue weighted by molar-refractivity contribution is 0.0697. The number of hydrogen-bond acceptors (Lipinski definition) is 8. The lowest BCUT2D eigenvalue weighted by Crippen LogP contribution is -2.26. The maximum Gasteiger partial charge on any atom is 0.225 e. The number of hydrogen-bond donors (Lipinski definition) is 4. The number of aliphatic hydroxyl groups excluding tert-OH is 1. The van der Waals surface area contributed by atoms with Gasteiger partial charge in [0.05, 0.1) is 11.8 Å². The summed E-state index contributed by atoms with van der Waals surface area (Å²) in [7, 11) is 3.61. The smallest absolute Gasteiger partial charge is 0.225 e. The van der Waals surface area contributed by atoms with Gasteiger partial charge in [-0.05, 0) is 31.6 Å². The summed E-state index contributed by atoms with van der Waals surface area (Å²) < 4.78 is 0. The summed E-state index contributed by atoms with van der Waals surface area (Å²) >= 11 is 0. The van der Waals surface area contributed by atoms with Crippen molar-refractivity contribution in [1.82, 2.24) is 19.9 Å². The third-order valence-electron chi connectivity index (χ3n) is 4.93. The molecule has 2 aromatic heterocycles. The van der Waals surface area contributed by atoms with Gasteiger partial charge in [0.2, 0.25) is 11.9 Å². The molecular formula is C18H29N7O. The van der Waals surface area contributed by atoms with E-state index in [1.54, 1.807) is 7.05 Å². The SMILES string of the molecule is CCCNc1nc(NC)nc2c(C[C@@H]3CCCC[C@H]3O)nc(NC)nc12. The zero-order valence-electron chi connectivity index (χ0n) is 15.8. The molecule has 1 aliphatic carbocycles. The molecule has 2 heterocycles. The van der Waals surface area contributed by atoms with Crippen LogP contribution in [0, 0.1) is 5.92 Å². The lowest BCUT2D eigenvalue weighted by atomic mass is 9.83. The normalized spacial score (nSPS) is 20.2. The Hall–Kier alpha value is -2.22. The van der Waals surface area contributed by atoms with Gasteiger partial charge in [-0.2, -0.15) is 4.98 Å². The van der Waals surface area contributed by atoms with Crippen LogP contribution in [0.5, 0.6) is 0 Å². The van der Waals surface area contributed by atoms with Crippen molar-refractivity contribution in [2.24, 2.45) is 5.92 Å². The Morgan fingerprint density at radius 3 is 2.35 bits per heavy atom. The average molecular weight is 359 g/mol. The molecule has 4 N–H and O–H groups in total. The molecule has 142 valence electrons. The largest absolute Gasteiger partial charge is 0.393 e. The number of nitrogens with one attached hydrogen (secondary N) is 3. The molecule has 3 rings (SSSR count). The summed E-state index contributed by atoms with van der Waals surface area (Å²) in [4.78, 5) is 18.4. The summed E-state index contributed by atoms with van der Waals surface area (Å²) in [6.45, 7) is 2.92. The molecule has 2 aromatic rings. The van der Waals surface area contributed by atoms with E-state index in [1.165, 1.54) is 0 Å². The van der Waals surface area contributed by atoms with E-state index < -0.39 is 0 Å². The quantitative estimate of drug-likeness (QED) is 0.597. The van der Waals surface area contributed by atoms with Crippen LogP contribution < -0.4 is 16.0 Å². The van der Waals surface area contributed by atoms with Gasteiger partial charge in [-0.3, -0.25) is 0 Å². The minimum absolute atomic E-state index is 0.214. The van der Waals surface area contributed by atoms with Crippen LogP contribution in [0.1, 0.15) is 44.7 Å². The second kappa shape index (κ2) is 8.44. The molecule has 2 atom stereocenters. The van der Waals surface area contributed by atoms with E-state index in [0.717, 1.165) is 55.4 Å². The van der Waals surface area contributed by atoms with Crippen LogP contribution in [-0.2, 0) is 6.42 Å². The fourth-order valence-corrected chi connectivity index (χ4v) is 3.48. The highest BCUT2D eigenvalue weighted by Gasteiger charge is 2.26. The van der Waals surface area contributed by atoms with Crippen molar-refractivity contribution in [2.75, 3.05) is 36.6 Å². The predicted molar refractivity (Wildman–Crippen MR) is 105 cm³/mol. The van der Waals surface area contributed by atoms with Gasteiger partial charge < -0.3 is 21.1 Å². The number of anilines is 3. The van der Waals surface area contributed by atoms with Gasteiger partial charge in [0, 0.05) is 20.6 Å². The minimum Gasteiger partial charge on any atom is -0.393 e. The molecule has 1 saturated carbocycles. The molecule has 0 aliphatic heterocycles. The van der Waals surface area contributed by atoms with Gasteiger partial charge in [0.15, 0.2) is 5.82 Å². The molecule has 26 heavy (non-hydrogen) atoms. The number of aliphatic hydroxyl groups is 1. The van der Waals surface area contributed by atoms with E-state index in [9.17, 15) is 5.11 Å². The Balaban J connectivity index is 2.07. The van der Waals surface area contributed by atoms with Crippen molar-refractivity contribution in [3.63, 3.8) is 0 Å². The van der Waals surface area contributed by atoms with Crippen LogP contribution in [0.3, 0.4) is 0 Å². The van der Waals surface area contributed by atoms with Crippen molar-refractivity contribution < 1.29 is 5.11 Å². The van der Waals surface area contributed by atoms with Gasteiger partial charge in [-0.25, -0.2) is 15.0 Å². The van der Waals surface area contributed by atoms with Gasteiger partial charge in [-0.1, -0.05) is 19.8 Å².